The monoisotopic (exact) mass is 332 g/mol. The molecule has 1 aromatic heterocycles. The summed E-state index contributed by atoms with van der Waals surface area (Å²) in [6.45, 7) is 6.19. The first-order chi connectivity index (χ1) is 12.0. The molecule has 25 heavy (non-hydrogen) atoms. The van der Waals surface area contributed by atoms with Crippen LogP contribution < -0.4 is 5.32 Å². The molecule has 0 saturated heterocycles. The number of carbonyl (C=O) groups is 1. The van der Waals surface area contributed by atoms with Crippen molar-refractivity contribution in [1.29, 1.82) is 0 Å². The number of carbonyl (C=O) groups excluding carboxylic acids is 1. The zero-order chi connectivity index (χ0) is 17.6. The Morgan fingerprint density at radius 2 is 1.96 bits per heavy atom. The molecular weight excluding hydrogens is 308 g/mol. The molecule has 1 heterocycles. The molecule has 0 spiro atoms. The second-order valence-electron chi connectivity index (χ2n) is 7.27. The van der Waals surface area contributed by atoms with Crippen molar-refractivity contribution in [3.63, 3.8) is 0 Å². The highest BCUT2D eigenvalue weighted by atomic mass is 16.1. The topological polar surface area (TPSA) is 44.9 Å². The maximum absolute atomic E-state index is 12.7. The van der Waals surface area contributed by atoms with Gasteiger partial charge in [-0.2, -0.15) is 0 Å². The third-order valence-corrected chi connectivity index (χ3v) is 5.38. The first-order valence-electron chi connectivity index (χ1n) is 9.02. The van der Waals surface area contributed by atoms with Crippen molar-refractivity contribution >= 4 is 16.8 Å². The van der Waals surface area contributed by atoms with Crippen LogP contribution >= 0.6 is 0 Å². The van der Waals surface area contributed by atoms with Crippen molar-refractivity contribution in [2.45, 2.75) is 45.6 Å². The molecule has 0 unspecified atom stereocenters. The first kappa shape index (κ1) is 15.9. The van der Waals surface area contributed by atoms with E-state index in [-0.39, 0.29) is 11.9 Å². The molecule has 3 nitrogen and oxygen atoms in total. The van der Waals surface area contributed by atoms with Gasteiger partial charge in [0.25, 0.3) is 5.91 Å². The molecule has 3 aromatic rings. The molecule has 1 atom stereocenters. The van der Waals surface area contributed by atoms with Crippen LogP contribution in [0.25, 0.3) is 10.9 Å². The van der Waals surface area contributed by atoms with Gasteiger partial charge in [0.05, 0.1) is 6.04 Å². The highest BCUT2D eigenvalue weighted by molar-refractivity contribution is 5.99. The van der Waals surface area contributed by atoms with Gasteiger partial charge in [-0.1, -0.05) is 24.3 Å². The number of fused-ring (bicyclic) bond motifs is 1. The highest BCUT2D eigenvalue weighted by Gasteiger charge is 2.24. The van der Waals surface area contributed by atoms with Crippen LogP contribution in [0.1, 0.15) is 64.5 Å². The summed E-state index contributed by atoms with van der Waals surface area (Å²) in [5, 5.41) is 4.26. The quantitative estimate of drug-likeness (QED) is 0.681. The number of aromatic nitrogens is 1. The number of hydrogen-bond acceptors (Lipinski definition) is 1. The summed E-state index contributed by atoms with van der Waals surface area (Å²) in [5.74, 6) is 0.703. The van der Waals surface area contributed by atoms with E-state index >= 15 is 0 Å². The molecule has 0 aliphatic heterocycles. The third-order valence-electron chi connectivity index (χ3n) is 5.38. The Labute approximate surface area is 148 Å². The molecule has 1 aliphatic rings. The predicted molar refractivity (Wildman–Crippen MR) is 102 cm³/mol. The van der Waals surface area contributed by atoms with E-state index in [0.717, 1.165) is 22.5 Å². The SMILES string of the molecule is Cc1[nH]c2ccc(C(=O)N[C@@H](C)c3cccc(C4CC4)c3)cc2c1C. The van der Waals surface area contributed by atoms with Crippen molar-refractivity contribution < 1.29 is 4.79 Å². The Balaban J connectivity index is 1.54. The van der Waals surface area contributed by atoms with Gasteiger partial charge < -0.3 is 10.3 Å². The molecule has 1 fully saturated rings. The van der Waals surface area contributed by atoms with Crippen LogP contribution in [0.4, 0.5) is 0 Å². The summed E-state index contributed by atoms with van der Waals surface area (Å²) >= 11 is 0. The van der Waals surface area contributed by atoms with E-state index in [1.54, 1.807) is 0 Å². The number of rotatable bonds is 4. The number of aryl methyl sites for hydroxylation is 2. The predicted octanol–water partition coefficient (Wildman–Crippen LogP) is 5.15. The van der Waals surface area contributed by atoms with Gasteiger partial charge in [-0.15, -0.1) is 0 Å². The molecule has 3 heteroatoms. The molecular formula is C22H24N2O. The minimum Gasteiger partial charge on any atom is -0.358 e. The van der Waals surface area contributed by atoms with E-state index in [4.69, 9.17) is 0 Å². The third kappa shape index (κ3) is 3.07. The normalized spacial score (nSPS) is 15.3. The first-order valence-corrected chi connectivity index (χ1v) is 9.02. The summed E-state index contributed by atoms with van der Waals surface area (Å²) in [6.07, 6.45) is 2.58. The van der Waals surface area contributed by atoms with E-state index < -0.39 is 0 Å². The molecule has 0 radical (unpaired) electrons. The Bertz CT molecular complexity index is 950. The van der Waals surface area contributed by atoms with Crippen LogP contribution in [-0.2, 0) is 0 Å². The number of benzene rings is 2. The van der Waals surface area contributed by atoms with E-state index in [0.29, 0.717) is 5.56 Å². The van der Waals surface area contributed by atoms with Gasteiger partial charge in [-0.25, -0.2) is 0 Å². The lowest BCUT2D eigenvalue weighted by atomic mass is 10.0. The standard InChI is InChI=1S/C22H24N2O/c1-13-14(2)23-21-10-9-19(12-20(13)21)22(25)24-15(3)17-5-4-6-18(11-17)16-7-8-16/h4-6,9-12,15-16,23H,7-8H2,1-3H3,(H,24,25)/t15-/m0/s1. The number of hydrogen-bond donors (Lipinski definition) is 2. The molecule has 1 amide bonds. The molecule has 2 aromatic carbocycles. The summed E-state index contributed by atoms with van der Waals surface area (Å²) < 4.78 is 0. The fourth-order valence-electron chi connectivity index (χ4n) is 3.46. The van der Waals surface area contributed by atoms with Crippen LogP contribution in [0.15, 0.2) is 42.5 Å². The number of amides is 1. The van der Waals surface area contributed by atoms with E-state index in [1.165, 1.54) is 29.5 Å². The maximum atomic E-state index is 12.7. The minimum absolute atomic E-state index is 0.00375. The average molecular weight is 332 g/mol. The summed E-state index contributed by atoms with van der Waals surface area (Å²) in [4.78, 5) is 16.1. The molecule has 1 aliphatic carbocycles. The van der Waals surface area contributed by atoms with Gasteiger partial charge in [0.2, 0.25) is 0 Å². The molecule has 0 bridgehead atoms. The van der Waals surface area contributed by atoms with Crippen LogP contribution in [0.2, 0.25) is 0 Å². The zero-order valence-electron chi connectivity index (χ0n) is 15.0. The van der Waals surface area contributed by atoms with Crippen LogP contribution in [0.5, 0.6) is 0 Å². The largest absolute Gasteiger partial charge is 0.358 e. The summed E-state index contributed by atoms with van der Waals surface area (Å²) in [7, 11) is 0. The van der Waals surface area contributed by atoms with Crippen LogP contribution in [0, 0.1) is 13.8 Å². The van der Waals surface area contributed by atoms with Crippen molar-refractivity contribution in [2.75, 3.05) is 0 Å². The van der Waals surface area contributed by atoms with Gasteiger partial charge in [0.15, 0.2) is 0 Å². The lowest BCUT2D eigenvalue weighted by molar-refractivity contribution is 0.0940. The smallest absolute Gasteiger partial charge is 0.251 e. The number of H-pyrrole nitrogens is 1. The van der Waals surface area contributed by atoms with Gasteiger partial charge in [0.1, 0.15) is 0 Å². The Kier molecular flexibility index (Phi) is 3.87. The van der Waals surface area contributed by atoms with Crippen molar-refractivity contribution in [3.8, 4) is 0 Å². The van der Waals surface area contributed by atoms with Crippen molar-refractivity contribution in [2.24, 2.45) is 0 Å². The molecule has 1 saturated carbocycles. The van der Waals surface area contributed by atoms with E-state index in [9.17, 15) is 4.79 Å². The number of nitrogens with one attached hydrogen (secondary N) is 2. The Hall–Kier alpha value is -2.55. The second kappa shape index (κ2) is 6.07. The summed E-state index contributed by atoms with van der Waals surface area (Å²) in [5.41, 5.74) is 6.72. The number of aromatic amines is 1. The molecule has 4 rings (SSSR count). The van der Waals surface area contributed by atoms with E-state index in [1.807, 2.05) is 25.1 Å². The lowest BCUT2D eigenvalue weighted by Crippen LogP contribution is -2.26. The average Bonchev–Trinajstić information content (AvgIpc) is 3.42. The van der Waals surface area contributed by atoms with Gasteiger partial charge in [0, 0.05) is 22.2 Å². The molecule has 128 valence electrons. The maximum Gasteiger partial charge on any atom is 0.251 e. The summed E-state index contributed by atoms with van der Waals surface area (Å²) in [6, 6.07) is 14.5. The van der Waals surface area contributed by atoms with E-state index in [2.05, 4.69) is 48.4 Å². The van der Waals surface area contributed by atoms with Crippen LogP contribution in [-0.4, -0.2) is 10.9 Å². The lowest BCUT2D eigenvalue weighted by Gasteiger charge is -2.15. The second-order valence-corrected chi connectivity index (χ2v) is 7.27. The van der Waals surface area contributed by atoms with Crippen molar-refractivity contribution in [3.05, 3.63) is 70.4 Å². The fourth-order valence-corrected chi connectivity index (χ4v) is 3.46. The van der Waals surface area contributed by atoms with Gasteiger partial charge in [-0.3, -0.25) is 4.79 Å². The Morgan fingerprint density at radius 1 is 1.16 bits per heavy atom. The zero-order valence-corrected chi connectivity index (χ0v) is 15.0. The Morgan fingerprint density at radius 3 is 2.72 bits per heavy atom. The van der Waals surface area contributed by atoms with Crippen molar-refractivity contribution in [1.82, 2.24) is 10.3 Å². The van der Waals surface area contributed by atoms with Gasteiger partial charge >= 0.3 is 0 Å². The van der Waals surface area contributed by atoms with Gasteiger partial charge in [-0.05, 0) is 74.4 Å². The van der Waals surface area contributed by atoms with Crippen LogP contribution in [0.3, 0.4) is 0 Å². The fraction of sp³-hybridized carbons (Fsp3) is 0.318. The minimum atomic E-state index is -0.0236. The highest BCUT2D eigenvalue weighted by Crippen LogP contribution is 2.40. The molecule has 2 N–H and O–H groups in total.